The lowest BCUT2D eigenvalue weighted by molar-refractivity contribution is 0.0693. The summed E-state index contributed by atoms with van der Waals surface area (Å²) in [6.07, 6.45) is 0. The van der Waals surface area contributed by atoms with E-state index in [1.54, 1.807) is 30.3 Å². The van der Waals surface area contributed by atoms with E-state index in [1.165, 1.54) is 6.07 Å². The van der Waals surface area contributed by atoms with Gasteiger partial charge in [-0.15, -0.1) is 0 Å². The summed E-state index contributed by atoms with van der Waals surface area (Å²) in [4.78, 5) is 55.3. The van der Waals surface area contributed by atoms with Crippen LogP contribution < -0.4 is 10.6 Å². The first-order valence-corrected chi connectivity index (χ1v) is 15.4. The lowest BCUT2D eigenvalue weighted by atomic mass is 9.81. The largest absolute Gasteiger partial charge is 0.478 e. The molecule has 7 rings (SSSR count). The second kappa shape index (κ2) is 11.2. The van der Waals surface area contributed by atoms with Gasteiger partial charge in [-0.2, -0.15) is 0 Å². The number of carboxylic acids is 2. The molecule has 0 unspecified atom stereocenters. The van der Waals surface area contributed by atoms with Crippen molar-refractivity contribution in [1.29, 1.82) is 0 Å². The molecule has 0 radical (unpaired) electrons. The minimum absolute atomic E-state index is 0.123. The summed E-state index contributed by atoms with van der Waals surface area (Å²) in [5.74, 6) is -4.45. The molecule has 0 saturated heterocycles. The average molecular weight is 635 g/mol. The van der Waals surface area contributed by atoms with E-state index in [0.29, 0.717) is 27.5 Å². The molecular formula is C40H30N2O6. The number of anilines is 2. The number of benzene rings is 7. The van der Waals surface area contributed by atoms with Crippen LogP contribution in [0.3, 0.4) is 0 Å². The first-order chi connectivity index (χ1) is 22.9. The Morgan fingerprint density at radius 1 is 0.479 bits per heavy atom. The molecule has 0 atom stereocenters. The van der Waals surface area contributed by atoms with Crippen molar-refractivity contribution in [3.63, 3.8) is 0 Å². The number of carbonyl (C=O) groups excluding carboxylic acids is 2. The number of aryl methyl sites for hydroxylation is 4. The smallest absolute Gasteiger partial charge is 0.337 e. The van der Waals surface area contributed by atoms with Gasteiger partial charge in [0.05, 0.1) is 22.3 Å². The molecule has 0 bridgehead atoms. The average Bonchev–Trinajstić information content (AvgIpc) is 3.01. The molecule has 7 aromatic rings. The van der Waals surface area contributed by atoms with Crippen molar-refractivity contribution in [1.82, 2.24) is 0 Å². The van der Waals surface area contributed by atoms with Gasteiger partial charge >= 0.3 is 11.9 Å². The zero-order valence-electron chi connectivity index (χ0n) is 26.6. The van der Waals surface area contributed by atoms with E-state index in [4.69, 9.17) is 0 Å². The van der Waals surface area contributed by atoms with Crippen LogP contribution in [0.2, 0.25) is 0 Å². The van der Waals surface area contributed by atoms with Gasteiger partial charge in [0.15, 0.2) is 0 Å². The molecule has 0 spiro atoms. The maximum absolute atomic E-state index is 14.7. The number of hydrogen-bond acceptors (Lipinski definition) is 4. The fraction of sp³-hybridized carbons (Fsp3) is 0.100. The van der Waals surface area contributed by atoms with Crippen molar-refractivity contribution in [3.8, 4) is 0 Å². The number of rotatable bonds is 6. The highest BCUT2D eigenvalue weighted by Crippen LogP contribution is 2.46. The van der Waals surface area contributed by atoms with Crippen molar-refractivity contribution in [2.24, 2.45) is 0 Å². The van der Waals surface area contributed by atoms with Gasteiger partial charge in [0.25, 0.3) is 11.8 Å². The molecule has 7 aromatic carbocycles. The van der Waals surface area contributed by atoms with E-state index in [9.17, 15) is 29.4 Å². The summed E-state index contributed by atoms with van der Waals surface area (Å²) in [7, 11) is 0. The third kappa shape index (κ3) is 4.86. The monoisotopic (exact) mass is 634 g/mol. The standard InChI is InChI=1S/C40H30N2O6/c1-19-13-20(2)16-24(15-19)41-37(43)34-32-28-10-6-8-23-7-5-9-26(30(23)28)27-11-12-29(39(45)46)33(31(27)32)36(40(47)48)35(34)38(44)42-25-17-21(3)14-22(4)18-25/h5-18H,1-4H3,(H,41,43)(H,42,44)(H,45,46)(H,47,48). The Morgan fingerprint density at radius 2 is 0.979 bits per heavy atom. The first-order valence-electron chi connectivity index (χ1n) is 15.4. The summed E-state index contributed by atoms with van der Waals surface area (Å²) in [6.45, 7) is 7.52. The SMILES string of the molecule is Cc1cc(C)cc(NC(=O)c2c(C(=O)O)c3c(C(=O)O)ccc4c5cccc6cccc(c(c2C(=O)Nc2cc(C)cc(C)c2)c34)c65)c1. The molecule has 8 nitrogen and oxygen atoms in total. The van der Waals surface area contributed by atoms with Crippen LogP contribution in [0.4, 0.5) is 11.4 Å². The van der Waals surface area contributed by atoms with Crippen molar-refractivity contribution >= 4 is 78.2 Å². The van der Waals surface area contributed by atoms with E-state index < -0.39 is 34.9 Å². The van der Waals surface area contributed by atoms with Crippen molar-refractivity contribution in [2.45, 2.75) is 27.7 Å². The zero-order valence-corrected chi connectivity index (χ0v) is 26.6. The number of amides is 2. The van der Waals surface area contributed by atoms with Gasteiger partial charge in [-0.3, -0.25) is 9.59 Å². The number of carboxylic acid groups (broad SMARTS) is 2. The minimum atomic E-state index is -1.54. The normalized spacial score (nSPS) is 11.4. The summed E-state index contributed by atoms with van der Waals surface area (Å²) < 4.78 is 0. The number of aromatic carboxylic acids is 2. The highest BCUT2D eigenvalue weighted by atomic mass is 16.4. The molecule has 48 heavy (non-hydrogen) atoms. The van der Waals surface area contributed by atoms with Crippen LogP contribution in [-0.2, 0) is 0 Å². The Labute approximate surface area is 275 Å². The Bertz CT molecular complexity index is 2500. The van der Waals surface area contributed by atoms with Gasteiger partial charge < -0.3 is 20.8 Å². The molecule has 0 heterocycles. The summed E-state index contributed by atoms with van der Waals surface area (Å²) in [5, 5.41) is 31.1. The van der Waals surface area contributed by atoms with Gasteiger partial charge in [0.1, 0.15) is 0 Å². The van der Waals surface area contributed by atoms with Crippen molar-refractivity contribution in [3.05, 3.63) is 129 Å². The predicted molar refractivity (Wildman–Crippen MR) is 189 cm³/mol. The molecular weight excluding hydrogens is 604 g/mol. The van der Waals surface area contributed by atoms with Crippen LogP contribution >= 0.6 is 0 Å². The van der Waals surface area contributed by atoms with Crippen LogP contribution in [0.1, 0.15) is 63.7 Å². The Kier molecular flexibility index (Phi) is 7.09. The lowest BCUT2D eigenvalue weighted by Gasteiger charge is -2.23. The molecule has 0 aromatic heterocycles. The molecule has 0 aliphatic heterocycles. The molecule has 0 aliphatic carbocycles. The Hall–Kier alpha value is -6.28. The van der Waals surface area contributed by atoms with Gasteiger partial charge in [-0.1, -0.05) is 54.6 Å². The van der Waals surface area contributed by atoms with Crippen LogP contribution in [-0.4, -0.2) is 34.0 Å². The molecule has 0 aliphatic rings. The first kappa shape index (κ1) is 30.4. The second-order valence-electron chi connectivity index (χ2n) is 12.4. The summed E-state index contributed by atoms with van der Waals surface area (Å²) >= 11 is 0. The summed E-state index contributed by atoms with van der Waals surface area (Å²) in [5.41, 5.74) is 2.96. The highest BCUT2D eigenvalue weighted by Gasteiger charge is 2.34. The predicted octanol–water partition coefficient (Wildman–Crippen LogP) is 8.87. The molecule has 0 saturated carbocycles. The van der Waals surface area contributed by atoms with Crippen LogP contribution in [0.25, 0.3) is 43.1 Å². The van der Waals surface area contributed by atoms with Crippen LogP contribution in [0.5, 0.6) is 0 Å². The maximum atomic E-state index is 14.7. The fourth-order valence-corrected chi connectivity index (χ4v) is 7.22. The van der Waals surface area contributed by atoms with Gasteiger partial charge in [0.2, 0.25) is 0 Å². The molecule has 0 fully saturated rings. The minimum Gasteiger partial charge on any atom is -0.478 e. The third-order valence-corrected chi connectivity index (χ3v) is 8.78. The highest BCUT2D eigenvalue weighted by molar-refractivity contribution is 6.41. The Morgan fingerprint density at radius 3 is 1.50 bits per heavy atom. The number of nitrogens with one attached hydrogen (secondary N) is 2. The van der Waals surface area contributed by atoms with Crippen LogP contribution in [0, 0.1) is 27.7 Å². The third-order valence-electron chi connectivity index (χ3n) is 8.78. The van der Waals surface area contributed by atoms with Gasteiger partial charge in [-0.05, 0) is 113 Å². The number of carbonyl (C=O) groups is 4. The number of fused-ring (bicyclic) bond motifs is 2. The Balaban J connectivity index is 1.69. The van der Waals surface area contributed by atoms with E-state index in [-0.39, 0.29) is 21.9 Å². The zero-order chi connectivity index (χ0) is 34.0. The lowest BCUT2D eigenvalue weighted by Crippen LogP contribution is -2.25. The van der Waals surface area contributed by atoms with Gasteiger partial charge in [0, 0.05) is 22.1 Å². The second-order valence-corrected chi connectivity index (χ2v) is 12.4. The van der Waals surface area contributed by atoms with E-state index in [2.05, 4.69) is 10.6 Å². The van der Waals surface area contributed by atoms with E-state index in [0.717, 1.165) is 38.4 Å². The quantitative estimate of drug-likeness (QED) is 0.107. The topological polar surface area (TPSA) is 133 Å². The molecule has 2 amide bonds. The van der Waals surface area contributed by atoms with Crippen LogP contribution in [0.15, 0.2) is 84.9 Å². The van der Waals surface area contributed by atoms with Crippen molar-refractivity contribution in [2.75, 3.05) is 10.6 Å². The van der Waals surface area contributed by atoms with E-state index in [1.807, 2.05) is 76.2 Å². The molecule has 236 valence electrons. The van der Waals surface area contributed by atoms with Crippen molar-refractivity contribution < 1.29 is 29.4 Å². The maximum Gasteiger partial charge on any atom is 0.337 e. The molecule has 4 N–H and O–H groups in total. The molecule has 8 heteroatoms. The summed E-state index contributed by atoms with van der Waals surface area (Å²) in [6, 6.07) is 25.2. The fourth-order valence-electron chi connectivity index (χ4n) is 7.22. The van der Waals surface area contributed by atoms with E-state index >= 15 is 0 Å². The van der Waals surface area contributed by atoms with Gasteiger partial charge in [-0.25, -0.2) is 9.59 Å². The number of hydrogen-bond donors (Lipinski definition) is 4.